The molecule has 0 radical (unpaired) electrons. The lowest BCUT2D eigenvalue weighted by atomic mass is 10.2. The first-order chi connectivity index (χ1) is 5.33. The van der Waals surface area contributed by atoms with Crippen molar-refractivity contribution in [2.45, 2.75) is 31.9 Å². The van der Waals surface area contributed by atoms with E-state index in [1.807, 2.05) is 0 Å². The van der Waals surface area contributed by atoms with E-state index in [1.165, 1.54) is 31.7 Å². The maximum absolute atomic E-state index is 3.39. The van der Waals surface area contributed by atoms with Crippen molar-refractivity contribution in [3.8, 4) is 0 Å². The molecule has 0 spiro atoms. The van der Waals surface area contributed by atoms with Crippen LogP contribution in [0.15, 0.2) is 0 Å². The average molecular weight is 173 g/mol. The molecule has 0 saturated carbocycles. The summed E-state index contributed by atoms with van der Waals surface area (Å²) in [6.45, 7) is 7.09. The van der Waals surface area contributed by atoms with Crippen LogP contribution in [0.25, 0.3) is 0 Å². The SMILES string of the molecule is CCC(C)CSC1CCNC1. The molecule has 1 aliphatic heterocycles. The number of nitrogens with one attached hydrogen (secondary N) is 1. The summed E-state index contributed by atoms with van der Waals surface area (Å²) in [5, 5.41) is 4.30. The Bertz CT molecular complexity index is 99.7. The largest absolute Gasteiger partial charge is 0.316 e. The second-order valence-electron chi connectivity index (χ2n) is 3.46. The summed E-state index contributed by atoms with van der Waals surface area (Å²) in [6.07, 6.45) is 2.70. The first kappa shape index (κ1) is 9.40. The van der Waals surface area contributed by atoms with E-state index in [4.69, 9.17) is 0 Å². The molecule has 0 aliphatic carbocycles. The first-order valence-electron chi connectivity index (χ1n) is 4.65. The van der Waals surface area contributed by atoms with Gasteiger partial charge in [0.2, 0.25) is 0 Å². The van der Waals surface area contributed by atoms with Crippen molar-refractivity contribution < 1.29 is 0 Å². The van der Waals surface area contributed by atoms with Crippen molar-refractivity contribution in [1.82, 2.24) is 5.32 Å². The molecule has 0 aromatic rings. The quantitative estimate of drug-likeness (QED) is 0.699. The molecule has 1 fully saturated rings. The predicted octanol–water partition coefficient (Wildman–Crippen LogP) is 2.13. The molecular weight excluding hydrogens is 154 g/mol. The van der Waals surface area contributed by atoms with E-state index in [-0.39, 0.29) is 0 Å². The van der Waals surface area contributed by atoms with Gasteiger partial charge in [-0.25, -0.2) is 0 Å². The molecular formula is C9H19NS. The van der Waals surface area contributed by atoms with Gasteiger partial charge in [-0.2, -0.15) is 11.8 Å². The summed E-state index contributed by atoms with van der Waals surface area (Å²) in [6, 6.07) is 0. The highest BCUT2D eigenvalue weighted by atomic mass is 32.2. The van der Waals surface area contributed by atoms with Gasteiger partial charge in [-0.05, 0) is 24.6 Å². The van der Waals surface area contributed by atoms with Crippen LogP contribution in [0.3, 0.4) is 0 Å². The normalized spacial score (nSPS) is 27.3. The van der Waals surface area contributed by atoms with Crippen LogP contribution >= 0.6 is 11.8 Å². The fourth-order valence-corrected chi connectivity index (χ4v) is 2.55. The minimum atomic E-state index is 0.903. The molecule has 2 unspecified atom stereocenters. The molecule has 0 aromatic heterocycles. The highest BCUT2D eigenvalue weighted by molar-refractivity contribution is 7.99. The van der Waals surface area contributed by atoms with Crippen LogP contribution in [0, 0.1) is 5.92 Å². The van der Waals surface area contributed by atoms with E-state index >= 15 is 0 Å². The molecule has 2 heteroatoms. The number of hydrogen-bond acceptors (Lipinski definition) is 2. The van der Waals surface area contributed by atoms with Gasteiger partial charge in [0.15, 0.2) is 0 Å². The van der Waals surface area contributed by atoms with Crippen LogP contribution in [0.1, 0.15) is 26.7 Å². The fraction of sp³-hybridized carbons (Fsp3) is 1.00. The van der Waals surface area contributed by atoms with Gasteiger partial charge >= 0.3 is 0 Å². The Balaban J connectivity index is 2.01. The Morgan fingerprint density at radius 2 is 2.45 bits per heavy atom. The van der Waals surface area contributed by atoms with Gasteiger partial charge in [0.05, 0.1) is 0 Å². The minimum Gasteiger partial charge on any atom is -0.316 e. The number of thioether (sulfide) groups is 1. The van der Waals surface area contributed by atoms with Gasteiger partial charge in [-0.15, -0.1) is 0 Å². The van der Waals surface area contributed by atoms with Crippen LogP contribution in [-0.2, 0) is 0 Å². The van der Waals surface area contributed by atoms with Gasteiger partial charge < -0.3 is 5.32 Å². The second-order valence-corrected chi connectivity index (χ2v) is 4.79. The summed E-state index contributed by atoms with van der Waals surface area (Å²) in [5.41, 5.74) is 0. The van der Waals surface area contributed by atoms with Crippen LogP contribution in [0.4, 0.5) is 0 Å². The summed E-state index contributed by atoms with van der Waals surface area (Å²) in [4.78, 5) is 0. The summed E-state index contributed by atoms with van der Waals surface area (Å²) in [5.74, 6) is 2.25. The van der Waals surface area contributed by atoms with Crippen LogP contribution < -0.4 is 5.32 Å². The lowest BCUT2D eigenvalue weighted by molar-refractivity contribution is 0.635. The number of hydrogen-bond donors (Lipinski definition) is 1. The summed E-state index contributed by atoms with van der Waals surface area (Å²) in [7, 11) is 0. The van der Waals surface area contributed by atoms with Crippen molar-refractivity contribution >= 4 is 11.8 Å². The van der Waals surface area contributed by atoms with Crippen molar-refractivity contribution in [3.63, 3.8) is 0 Å². The van der Waals surface area contributed by atoms with E-state index in [2.05, 4.69) is 30.9 Å². The van der Waals surface area contributed by atoms with Gasteiger partial charge in [0.25, 0.3) is 0 Å². The lowest BCUT2D eigenvalue weighted by Crippen LogP contribution is -2.11. The van der Waals surface area contributed by atoms with Gasteiger partial charge in [-0.1, -0.05) is 20.3 Å². The van der Waals surface area contributed by atoms with Crippen LogP contribution in [0.2, 0.25) is 0 Å². The lowest BCUT2D eigenvalue weighted by Gasteiger charge is -2.11. The zero-order chi connectivity index (χ0) is 8.10. The van der Waals surface area contributed by atoms with E-state index in [9.17, 15) is 0 Å². The Kier molecular flexibility index (Phi) is 4.31. The van der Waals surface area contributed by atoms with Crippen molar-refractivity contribution in [1.29, 1.82) is 0 Å². The Morgan fingerprint density at radius 1 is 1.64 bits per heavy atom. The highest BCUT2D eigenvalue weighted by Crippen LogP contribution is 2.20. The maximum atomic E-state index is 3.39. The van der Waals surface area contributed by atoms with Crippen LogP contribution in [-0.4, -0.2) is 24.1 Å². The van der Waals surface area contributed by atoms with Crippen molar-refractivity contribution in [2.24, 2.45) is 5.92 Å². The molecule has 1 N–H and O–H groups in total. The number of rotatable bonds is 4. The molecule has 1 nitrogen and oxygen atoms in total. The topological polar surface area (TPSA) is 12.0 Å². The monoisotopic (exact) mass is 173 g/mol. The van der Waals surface area contributed by atoms with Crippen molar-refractivity contribution in [3.05, 3.63) is 0 Å². The summed E-state index contributed by atoms with van der Waals surface area (Å²) >= 11 is 2.15. The molecule has 11 heavy (non-hydrogen) atoms. The van der Waals surface area contributed by atoms with E-state index < -0.39 is 0 Å². The molecule has 1 saturated heterocycles. The first-order valence-corrected chi connectivity index (χ1v) is 5.70. The second kappa shape index (κ2) is 5.04. The molecule has 0 amide bonds. The third kappa shape index (κ3) is 3.48. The van der Waals surface area contributed by atoms with E-state index in [1.54, 1.807) is 0 Å². The molecule has 0 aromatic carbocycles. The Labute approximate surface area is 74.3 Å². The molecule has 1 heterocycles. The smallest absolute Gasteiger partial charge is 0.0184 e. The highest BCUT2D eigenvalue weighted by Gasteiger charge is 2.14. The molecule has 1 aliphatic rings. The Morgan fingerprint density at radius 3 is 3.00 bits per heavy atom. The van der Waals surface area contributed by atoms with Crippen molar-refractivity contribution in [2.75, 3.05) is 18.8 Å². The van der Waals surface area contributed by atoms with Gasteiger partial charge in [0.1, 0.15) is 0 Å². The maximum Gasteiger partial charge on any atom is 0.0184 e. The minimum absolute atomic E-state index is 0.903. The third-order valence-electron chi connectivity index (χ3n) is 2.33. The zero-order valence-corrected chi connectivity index (χ0v) is 8.41. The van der Waals surface area contributed by atoms with Gasteiger partial charge in [0, 0.05) is 11.8 Å². The third-order valence-corrected chi connectivity index (χ3v) is 3.96. The molecule has 1 rings (SSSR count). The van der Waals surface area contributed by atoms with Crippen LogP contribution in [0.5, 0.6) is 0 Å². The standard InChI is InChI=1S/C9H19NS/c1-3-8(2)7-11-9-4-5-10-6-9/h8-10H,3-7H2,1-2H3. The van der Waals surface area contributed by atoms with E-state index in [0.717, 1.165) is 11.2 Å². The zero-order valence-electron chi connectivity index (χ0n) is 7.60. The van der Waals surface area contributed by atoms with Gasteiger partial charge in [-0.3, -0.25) is 0 Å². The fourth-order valence-electron chi connectivity index (χ4n) is 1.19. The predicted molar refractivity (Wildman–Crippen MR) is 53.2 cm³/mol. The average Bonchev–Trinajstić information content (AvgIpc) is 2.52. The molecule has 66 valence electrons. The summed E-state index contributed by atoms with van der Waals surface area (Å²) < 4.78 is 0. The van der Waals surface area contributed by atoms with E-state index in [0.29, 0.717) is 0 Å². The molecule has 2 atom stereocenters. The Hall–Kier alpha value is 0.310. The molecule has 0 bridgehead atoms.